The zero-order valence-electron chi connectivity index (χ0n) is 10.8. The molecule has 0 bridgehead atoms. The summed E-state index contributed by atoms with van der Waals surface area (Å²) in [7, 11) is 1.75. The van der Waals surface area contributed by atoms with Crippen LogP contribution >= 0.6 is 0 Å². The van der Waals surface area contributed by atoms with Crippen molar-refractivity contribution < 1.29 is 4.74 Å². The van der Waals surface area contributed by atoms with Crippen molar-refractivity contribution in [2.45, 2.75) is 25.3 Å². The molecule has 3 rings (SSSR count). The van der Waals surface area contributed by atoms with E-state index in [1.807, 2.05) is 0 Å². The minimum absolute atomic E-state index is 0.455. The second kappa shape index (κ2) is 5.12. The highest BCUT2D eigenvalue weighted by Crippen LogP contribution is 2.34. The number of hydrogen-bond donors (Lipinski definition) is 2. The van der Waals surface area contributed by atoms with Crippen molar-refractivity contribution in [3.8, 4) is 0 Å². The first-order valence-electron chi connectivity index (χ1n) is 6.72. The lowest BCUT2D eigenvalue weighted by molar-refractivity contribution is 0.194. The molecule has 2 aromatic rings. The molecule has 1 heterocycles. The molecule has 1 unspecified atom stereocenters. The predicted molar refractivity (Wildman–Crippen MR) is 73.9 cm³/mol. The lowest BCUT2D eigenvalue weighted by Crippen LogP contribution is -2.28. The Morgan fingerprint density at radius 2 is 2.28 bits per heavy atom. The van der Waals surface area contributed by atoms with Crippen molar-refractivity contribution in [1.82, 2.24) is 10.3 Å². The Balaban J connectivity index is 1.90. The van der Waals surface area contributed by atoms with Crippen LogP contribution in [0, 0.1) is 0 Å². The number of fused-ring (bicyclic) bond motifs is 3. The first-order chi connectivity index (χ1) is 8.90. The van der Waals surface area contributed by atoms with Gasteiger partial charge in [-0.25, -0.2) is 0 Å². The van der Waals surface area contributed by atoms with Crippen LogP contribution in [-0.2, 0) is 11.2 Å². The number of aryl methyl sites for hydroxylation is 1. The summed E-state index contributed by atoms with van der Waals surface area (Å²) in [5.41, 5.74) is 4.16. The molecule has 1 aromatic carbocycles. The third kappa shape index (κ3) is 2.04. The topological polar surface area (TPSA) is 37.0 Å². The first kappa shape index (κ1) is 11.8. The van der Waals surface area contributed by atoms with E-state index in [1.165, 1.54) is 41.4 Å². The highest BCUT2D eigenvalue weighted by atomic mass is 16.5. The number of methoxy groups -OCH3 is 1. The van der Waals surface area contributed by atoms with Gasteiger partial charge in [0.15, 0.2) is 0 Å². The van der Waals surface area contributed by atoms with Gasteiger partial charge in [-0.1, -0.05) is 18.2 Å². The Hall–Kier alpha value is -1.32. The normalized spacial score (nSPS) is 19.1. The molecular formula is C15H20N2O. The summed E-state index contributed by atoms with van der Waals surface area (Å²) < 4.78 is 5.11. The van der Waals surface area contributed by atoms with Gasteiger partial charge in [-0.2, -0.15) is 0 Å². The number of aromatic nitrogens is 1. The maximum atomic E-state index is 5.11. The quantitative estimate of drug-likeness (QED) is 0.811. The lowest BCUT2D eigenvalue weighted by atomic mass is 9.92. The minimum atomic E-state index is 0.455. The standard InChI is InChI=1S/C15H20N2O/c1-18-10-9-16-14-8-4-6-12-11-5-2-3-7-13(11)17-15(12)14/h2-3,5,7,14,16-17H,4,6,8-10H2,1H3. The fraction of sp³-hybridized carbons (Fsp3) is 0.467. The minimum Gasteiger partial charge on any atom is -0.383 e. The van der Waals surface area contributed by atoms with Crippen LogP contribution in [0.25, 0.3) is 10.9 Å². The molecule has 0 spiro atoms. The van der Waals surface area contributed by atoms with Gasteiger partial charge < -0.3 is 15.0 Å². The number of aromatic amines is 1. The van der Waals surface area contributed by atoms with Gasteiger partial charge >= 0.3 is 0 Å². The van der Waals surface area contributed by atoms with E-state index in [0.29, 0.717) is 6.04 Å². The molecule has 96 valence electrons. The molecule has 1 aliphatic rings. The van der Waals surface area contributed by atoms with E-state index >= 15 is 0 Å². The molecule has 3 heteroatoms. The van der Waals surface area contributed by atoms with E-state index in [0.717, 1.165) is 13.2 Å². The smallest absolute Gasteiger partial charge is 0.0587 e. The third-order valence-electron chi connectivity index (χ3n) is 3.81. The molecule has 0 saturated heterocycles. The van der Waals surface area contributed by atoms with Crippen LogP contribution in [0.5, 0.6) is 0 Å². The van der Waals surface area contributed by atoms with Gasteiger partial charge in [0, 0.05) is 36.3 Å². The summed E-state index contributed by atoms with van der Waals surface area (Å²) in [6.45, 7) is 1.68. The van der Waals surface area contributed by atoms with E-state index in [2.05, 4.69) is 34.6 Å². The van der Waals surface area contributed by atoms with E-state index in [-0.39, 0.29) is 0 Å². The van der Waals surface area contributed by atoms with Crippen LogP contribution in [0.1, 0.15) is 30.1 Å². The third-order valence-corrected chi connectivity index (χ3v) is 3.81. The summed E-state index contributed by atoms with van der Waals surface area (Å²) in [5.74, 6) is 0. The van der Waals surface area contributed by atoms with E-state index in [4.69, 9.17) is 4.74 Å². The number of ether oxygens (including phenoxy) is 1. The zero-order valence-corrected chi connectivity index (χ0v) is 10.8. The molecule has 1 atom stereocenters. The average molecular weight is 244 g/mol. The highest BCUT2D eigenvalue weighted by Gasteiger charge is 2.23. The molecule has 0 amide bonds. The van der Waals surface area contributed by atoms with E-state index < -0.39 is 0 Å². The molecule has 1 aliphatic carbocycles. The van der Waals surface area contributed by atoms with Crippen LogP contribution < -0.4 is 5.32 Å². The van der Waals surface area contributed by atoms with Crippen molar-refractivity contribution in [2.24, 2.45) is 0 Å². The molecule has 2 N–H and O–H groups in total. The van der Waals surface area contributed by atoms with Crippen LogP contribution in [0.2, 0.25) is 0 Å². The van der Waals surface area contributed by atoms with Crippen molar-refractivity contribution in [3.05, 3.63) is 35.5 Å². The highest BCUT2D eigenvalue weighted by molar-refractivity contribution is 5.85. The van der Waals surface area contributed by atoms with Gasteiger partial charge in [-0.05, 0) is 30.9 Å². The second-order valence-corrected chi connectivity index (χ2v) is 4.95. The van der Waals surface area contributed by atoms with Gasteiger partial charge in [0.25, 0.3) is 0 Å². The van der Waals surface area contributed by atoms with Crippen LogP contribution in [0.15, 0.2) is 24.3 Å². The van der Waals surface area contributed by atoms with Crippen LogP contribution in [-0.4, -0.2) is 25.2 Å². The average Bonchev–Trinajstić information content (AvgIpc) is 2.79. The number of benzene rings is 1. The van der Waals surface area contributed by atoms with E-state index in [9.17, 15) is 0 Å². The largest absolute Gasteiger partial charge is 0.383 e. The number of hydrogen-bond acceptors (Lipinski definition) is 2. The summed E-state index contributed by atoms with van der Waals surface area (Å²) >= 11 is 0. The number of para-hydroxylation sites is 1. The number of rotatable bonds is 4. The lowest BCUT2D eigenvalue weighted by Gasteiger charge is -2.23. The zero-order chi connectivity index (χ0) is 12.4. The molecule has 0 saturated carbocycles. The fourth-order valence-corrected chi connectivity index (χ4v) is 2.95. The molecule has 0 fully saturated rings. The Bertz CT molecular complexity index is 532. The molecule has 0 aliphatic heterocycles. The fourth-order valence-electron chi connectivity index (χ4n) is 2.95. The van der Waals surface area contributed by atoms with E-state index in [1.54, 1.807) is 7.11 Å². The van der Waals surface area contributed by atoms with Crippen LogP contribution in [0.3, 0.4) is 0 Å². The Kier molecular flexibility index (Phi) is 3.35. The SMILES string of the molecule is COCCNC1CCCc2c1[nH]c1ccccc21. The molecule has 0 radical (unpaired) electrons. The summed E-state index contributed by atoms with van der Waals surface area (Å²) in [4.78, 5) is 3.59. The van der Waals surface area contributed by atoms with Crippen molar-refractivity contribution >= 4 is 10.9 Å². The maximum Gasteiger partial charge on any atom is 0.0587 e. The van der Waals surface area contributed by atoms with Gasteiger partial charge in [0.05, 0.1) is 6.61 Å². The predicted octanol–water partition coefficient (Wildman–Crippen LogP) is 2.78. The Morgan fingerprint density at radius 3 is 3.17 bits per heavy atom. The summed E-state index contributed by atoms with van der Waals surface area (Å²) in [6, 6.07) is 9.06. The number of H-pyrrole nitrogens is 1. The Labute approximate surface area is 108 Å². The molecule has 1 aromatic heterocycles. The van der Waals surface area contributed by atoms with Gasteiger partial charge in [-0.3, -0.25) is 0 Å². The van der Waals surface area contributed by atoms with Crippen molar-refractivity contribution in [3.63, 3.8) is 0 Å². The Morgan fingerprint density at radius 1 is 1.39 bits per heavy atom. The van der Waals surface area contributed by atoms with Gasteiger partial charge in [0.2, 0.25) is 0 Å². The molecule has 18 heavy (non-hydrogen) atoms. The van der Waals surface area contributed by atoms with Gasteiger partial charge in [0.1, 0.15) is 0 Å². The summed E-state index contributed by atoms with van der Waals surface area (Å²) in [6.07, 6.45) is 3.67. The monoisotopic (exact) mass is 244 g/mol. The van der Waals surface area contributed by atoms with Gasteiger partial charge in [-0.15, -0.1) is 0 Å². The second-order valence-electron chi connectivity index (χ2n) is 4.95. The van der Waals surface area contributed by atoms with Crippen LogP contribution in [0.4, 0.5) is 0 Å². The number of nitrogens with one attached hydrogen (secondary N) is 2. The van der Waals surface area contributed by atoms with Crippen molar-refractivity contribution in [1.29, 1.82) is 0 Å². The first-order valence-corrected chi connectivity index (χ1v) is 6.72. The molecule has 3 nitrogen and oxygen atoms in total. The summed E-state index contributed by atoms with van der Waals surface area (Å²) in [5, 5.41) is 4.98. The maximum absolute atomic E-state index is 5.11. The van der Waals surface area contributed by atoms with Crippen molar-refractivity contribution in [2.75, 3.05) is 20.3 Å². The molecular weight excluding hydrogens is 224 g/mol.